The highest BCUT2D eigenvalue weighted by molar-refractivity contribution is 6.32. The van der Waals surface area contributed by atoms with Crippen LogP contribution in [0.25, 0.3) is 6.08 Å². The number of rotatable bonds is 3. The van der Waals surface area contributed by atoms with Crippen LogP contribution in [0.2, 0.25) is 5.02 Å². The van der Waals surface area contributed by atoms with Gasteiger partial charge in [0.15, 0.2) is 0 Å². The number of hydrogen-bond acceptors (Lipinski definition) is 2. The zero-order chi connectivity index (χ0) is 10.6. The van der Waals surface area contributed by atoms with Crippen molar-refractivity contribution in [1.82, 2.24) is 0 Å². The number of hydrogen-bond donors (Lipinski definition) is 1. The number of benzene rings is 1. The highest BCUT2D eigenvalue weighted by Crippen LogP contribution is 2.25. The van der Waals surface area contributed by atoms with E-state index in [4.69, 9.17) is 21.4 Å². The maximum Gasteiger partial charge on any atom is 0.328 e. The van der Waals surface area contributed by atoms with Crippen molar-refractivity contribution in [2.75, 3.05) is 7.11 Å². The van der Waals surface area contributed by atoms with E-state index in [1.54, 1.807) is 18.2 Å². The van der Waals surface area contributed by atoms with Gasteiger partial charge in [-0.1, -0.05) is 17.7 Å². The molecular weight excluding hydrogens is 204 g/mol. The first-order valence-electron chi connectivity index (χ1n) is 3.88. The number of halogens is 1. The molecule has 0 aromatic heterocycles. The first kappa shape index (κ1) is 10.6. The second-order valence-corrected chi connectivity index (χ2v) is 2.97. The normalized spacial score (nSPS) is 10.4. The molecule has 0 aliphatic rings. The van der Waals surface area contributed by atoms with Gasteiger partial charge in [-0.05, 0) is 23.8 Å². The van der Waals surface area contributed by atoms with Crippen molar-refractivity contribution in [2.24, 2.45) is 0 Å². The summed E-state index contributed by atoms with van der Waals surface area (Å²) in [6.45, 7) is 0. The van der Waals surface area contributed by atoms with E-state index in [2.05, 4.69) is 0 Å². The van der Waals surface area contributed by atoms with Crippen LogP contribution in [0.5, 0.6) is 5.75 Å². The molecule has 1 N–H and O–H groups in total. The second-order valence-electron chi connectivity index (χ2n) is 2.57. The predicted octanol–water partition coefficient (Wildman–Crippen LogP) is 2.45. The van der Waals surface area contributed by atoms with Crippen LogP contribution in [-0.4, -0.2) is 18.2 Å². The van der Waals surface area contributed by atoms with Gasteiger partial charge in [0.25, 0.3) is 0 Å². The molecule has 0 bridgehead atoms. The summed E-state index contributed by atoms with van der Waals surface area (Å²) in [5, 5.41) is 8.86. The van der Waals surface area contributed by atoms with E-state index < -0.39 is 5.97 Å². The Kier molecular flexibility index (Phi) is 3.54. The first-order chi connectivity index (χ1) is 6.63. The lowest BCUT2D eigenvalue weighted by molar-refractivity contribution is -0.131. The minimum atomic E-state index is -0.989. The Hall–Kier alpha value is -1.48. The summed E-state index contributed by atoms with van der Waals surface area (Å²) < 4.78 is 4.95. The molecule has 0 heterocycles. The Bertz CT molecular complexity index is 372. The molecule has 1 rings (SSSR count). The molecule has 0 aliphatic carbocycles. The molecular formula is C10H9ClO3. The van der Waals surface area contributed by atoms with Crippen molar-refractivity contribution in [3.63, 3.8) is 0 Å². The highest BCUT2D eigenvalue weighted by atomic mass is 35.5. The molecule has 0 amide bonds. The Morgan fingerprint density at radius 3 is 2.79 bits per heavy atom. The summed E-state index contributed by atoms with van der Waals surface area (Å²) >= 11 is 5.84. The van der Waals surface area contributed by atoms with E-state index >= 15 is 0 Å². The van der Waals surface area contributed by atoms with Crippen molar-refractivity contribution < 1.29 is 14.6 Å². The zero-order valence-corrected chi connectivity index (χ0v) is 8.28. The van der Waals surface area contributed by atoms with Gasteiger partial charge in [0.1, 0.15) is 5.75 Å². The Labute approximate surface area is 86.6 Å². The molecule has 0 fully saturated rings. The van der Waals surface area contributed by atoms with Gasteiger partial charge in [0, 0.05) is 6.08 Å². The molecule has 0 atom stereocenters. The van der Waals surface area contributed by atoms with Crippen LogP contribution < -0.4 is 4.74 Å². The second kappa shape index (κ2) is 4.67. The Morgan fingerprint density at radius 2 is 2.29 bits per heavy atom. The molecule has 14 heavy (non-hydrogen) atoms. The summed E-state index contributed by atoms with van der Waals surface area (Å²) in [6, 6.07) is 5.05. The van der Waals surface area contributed by atoms with Crippen LogP contribution in [0.1, 0.15) is 5.56 Å². The molecule has 3 nitrogen and oxygen atoms in total. The van der Waals surface area contributed by atoms with Gasteiger partial charge in [-0.3, -0.25) is 0 Å². The van der Waals surface area contributed by atoms with Gasteiger partial charge in [-0.2, -0.15) is 0 Å². The fraction of sp³-hybridized carbons (Fsp3) is 0.100. The van der Waals surface area contributed by atoms with Crippen LogP contribution in [-0.2, 0) is 4.79 Å². The number of aliphatic carboxylic acids is 1. The summed E-state index contributed by atoms with van der Waals surface area (Å²) in [5.74, 6) is -0.420. The fourth-order valence-corrected chi connectivity index (χ4v) is 1.22. The molecule has 0 aliphatic heterocycles. The summed E-state index contributed by atoms with van der Waals surface area (Å²) in [7, 11) is 1.52. The van der Waals surface area contributed by atoms with Gasteiger partial charge >= 0.3 is 5.97 Å². The van der Waals surface area contributed by atoms with Crippen LogP contribution in [0, 0.1) is 0 Å². The minimum absolute atomic E-state index is 0.458. The Morgan fingerprint density at radius 1 is 1.57 bits per heavy atom. The van der Waals surface area contributed by atoms with E-state index in [0.717, 1.165) is 11.6 Å². The molecule has 0 saturated heterocycles. The van der Waals surface area contributed by atoms with Gasteiger partial charge in [0.2, 0.25) is 0 Å². The van der Waals surface area contributed by atoms with Crippen molar-refractivity contribution in [1.29, 1.82) is 0 Å². The van der Waals surface area contributed by atoms with Crippen LogP contribution in [0.4, 0.5) is 0 Å². The van der Waals surface area contributed by atoms with Gasteiger partial charge in [-0.25, -0.2) is 4.79 Å². The van der Waals surface area contributed by atoms with E-state index in [0.29, 0.717) is 10.8 Å². The van der Waals surface area contributed by atoms with Gasteiger partial charge in [0.05, 0.1) is 12.1 Å². The van der Waals surface area contributed by atoms with E-state index in [1.807, 2.05) is 0 Å². The van der Waals surface area contributed by atoms with Crippen molar-refractivity contribution >= 4 is 23.6 Å². The molecule has 0 spiro atoms. The van der Waals surface area contributed by atoms with Gasteiger partial charge < -0.3 is 9.84 Å². The molecule has 4 heteroatoms. The van der Waals surface area contributed by atoms with E-state index in [9.17, 15) is 4.79 Å². The van der Waals surface area contributed by atoms with Crippen molar-refractivity contribution in [3.05, 3.63) is 34.9 Å². The van der Waals surface area contributed by atoms with E-state index in [-0.39, 0.29) is 0 Å². The van der Waals surface area contributed by atoms with Crippen molar-refractivity contribution in [2.45, 2.75) is 0 Å². The van der Waals surface area contributed by atoms with Gasteiger partial charge in [-0.15, -0.1) is 0 Å². The lowest BCUT2D eigenvalue weighted by Crippen LogP contribution is -1.87. The average Bonchev–Trinajstić information content (AvgIpc) is 2.15. The standard InChI is InChI=1S/C10H9ClO3/c1-14-9-4-2-7(6-8(9)11)3-5-10(12)13/h2-6H,1H3,(H,12,13)/b5-3+. The molecule has 1 aromatic rings. The number of methoxy groups -OCH3 is 1. The third-order valence-electron chi connectivity index (χ3n) is 1.59. The SMILES string of the molecule is COc1ccc(/C=C/C(=O)O)cc1Cl. The monoisotopic (exact) mass is 212 g/mol. The third-order valence-corrected chi connectivity index (χ3v) is 1.89. The maximum absolute atomic E-state index is 10.2. The number of ether oxygens (including phenoxy) is 1. The molecule has 0 saturated carbocycles. The van der Waals surface area contributed by atoms with Crippen molar-refractivity contribution in [3.8, 4) is 5.75 Å². The minimum Gasteiger partial charge on any atom is -0.495 e. The topological polar surface area (TPSA) is 46.5 Å². The number of carboxylic acids is 1. The zero-order valence-electron chi connectivity index (χ0n) is 7.53. The fourth-order valence-electron chi connectivity index (χ4n) is 0.954. The summed E-state index contributed by atoms with van der Waals surface area (Å²) in [5.41, 5.74) is 0.721. The third kappa shape index (κ3) is 2.78. The molecule has 1 aromatic carbocycles. The smallest absolute Gasteiger partial charge is 0.328 e. The maximum atomic E-state index is 10.2. The lowest BCUT2D eigenvalue weighted by atomic mass is 10.2. The first-order valence-corrected chi connectivity index (χ1v) is 4.26. The van der Waals surface area contributed by atoms with E-state index in [1.165, 1.54) is 13.2 Å². The predicted molar refractivity (Wildman–Crippen MR) is 54.7 cm³/mol. The molecule has 0 radical (unpaired) electrons. The molecule has 74 valence electrons. The van der Waals surface area contributed by atoms with Crippen LogP contribution in [0.15, 0.2) is 24.3 Å². The largest absolute Gasteiger partial charge is 0.495 e. The lowest BCUT2D eigenvalue weighted by Gasteiger charge is -2.02. The average molecular weight is 213 g/mol. The highest BCUT2D eigenvalue weighted by Gasteiger charge is 1.99. The summed E-state index contributed by atoms with van der Waals surface area (Å²) in [4.78, 5) is 10.2. The molecule has 0 unspecified atom stereocenters. The number of carbonyl (C=O) groups is 1. The van der Waals surface area contributed by atoms with Crippen LogP contribution in [0.3, 0.4) is 0 Å². The Balaban J connectivity index is 2.91. The van der Waals surface area contributed by atoms with Crippen LogP contribution >= 0.6 is 11.6 Å². The number of carboxylic acid groups (broad SMARTS) is 1. The quantitative estimate of drug-likeness (QED) is 0.783. The summed E-state index contributed by atoms with van der Waals surface area (Å²) in [6.07, 6.45) is 2.52.